The molecule has 0 unspecified atom stereocenters. The monoisotopic (exact) mass is 477 g/mol. The first-order chi connectivity index (χ1) is 16.2. The summed E-state index contributed by atoms with van der Waals surface area (Å²) in [6.45, 7) is 3.54. The minimum absolute atomic E-state index is 0.00327. The Morgan fingerprint density at radius 1 is 1.18 bits per heavy atom. The molecular weight excluding hydrogens is 456 g/mol. The van der Waals surface area contributed by atoms with Crippen LogP contribution in [0.4, 0.5) is 17.6 Å². The lowest BCUT2D eigenvalue weighted by Crippen LogP contribution is -2.59. The number of carbonyl (C=O) groups is 2. The SMILES string of the molecule is CC(C)C[C@H]1C(=O)N[C@@H](c2ccccc2F)CN1C(=O)c1no[n+](-c2ccc(F)cc2F)c1F. The van der Waals surface area contributed by atoms with Crippen molar-refractivity contribution >= 4 is 11.8 Å². The van der Waals surface area contributed by atoms with E-state index in [1.165, 1.54) is 18.2 Å². The number of carbonyl (C=O) groups excluding carboxylic acids is 2. The number of aromatic nitrogens is 2. The summed E-state index contributed by atoms with van der Waals surface area (Å²) >= 11 is 0. The summed E-state index contributed by atoms with van der Waals surface area (Å²) in [6.07, 6.45) is 0.258. The van der Waals surface area contributed by atoms with Crippen molar-refractivity contribution in [3.63, 3.8) is 0 Å². The van der Waals surface area contributed by atoms with Gasteiger partial charge in [0.15, 0.2) is 11.0 Å². The van der Waals surface area contributed by atoms with Crippen LogP contribution in [0.2, 0.25) is 0 Å². The van der Waals surface area contributed by atoms with Crippen molar-refractivity contribution in [3.8, 4) is 5.69 Å². The highest BCUT2D eigenvalue weighted by molar-refractivity contribution is 5.96. The largest absolute Gasteiger partial charge is 0.381 e. The second-order valence-corrected chi connectivity index (χ2v) is 8.39. The molecule has 1 aliphatic rings. The number of halogens is 4. The fourth-order valence-corrected chi connectivity index (χ4v) is 3.93. The highest BCUT2D eigenvalue weighted by atomic mass is 19.1. The normalized spacial score (nSPS) is 18.3. The Morgan fingerprint density at radius 2 is 1.91 bits per heavy atom. The molecule has 1 fully saturated rings. The third kappa shape index (κ3) is 4.37. The molecule has 34 heavy (non-hydrogen) atoms. The standard InChI is InChI=1S/C23H20F4N4O3/c1-12(2)9-19-22(32)28-17(14-5-3-4-6-15(14)25)11-30(19)23(33)20-21(27)31(34-29-20)18-8-7-13(24)10-16(18)26/h3-8,10,12,17,19H,9,11H2,1-2H3/p+1/t17-,19+/m1/s1. The van der Waals surface area contributed by atoms with Gasteiger partial charge in [-0.3, -0.25) is 9.59 Å². The van der Waals surface area contributed by atoms with Crippen LogP contribution in [0.3, 0.4) is 0 Å². The molecule has 1 saturated heterocycles. The van der Waals surface area contributed by atoms with Gasteiger partial charge >= 0.3 is 17.5 Å². The maximum Gasteiger partial charge on any atom is 0.381 e. The average molecular weight is 477 g/mol. The molecule has 2 amide bonds. The molecule has 2 aromatic carbocycles. The van der Waals surface area contributed by atoms with E-state index < -0.39 is 58.7 Å². The molecule has 1 aliphatic heterocycles. The molecule has 178 valence electrons. The fourth-order valence-electron chi connectivity index (χ4n) is 3.93. The summed E-state index contributed by atoms with van der Waals surface area (Å²) in [6, 6.07) is 6.29. The van der Waals surface area contributed by atoms with Crippen molar-refractivity contribution in [1.29, 1.82) is 0 Å². The van der Waals surface area contributed by atoms with Crippen LogP contribution in [0, 0.1) is 29.3 Å². The lowest BCUT2D eigenvalue weighted by atomic mass is 9.95. The van der Waals surface area contributed by atoms with Crippen molar-refractivity contribution in [1.82, 2.24) is 15.4 Å². The van der Waals surface area contributed by atoms with E-state index in [0.717, 1.165) is 17.0 Å². The first-order valence-electron chi connectivity index (χ1n) is 10.6. The molecule has 4 rings (SSSR count). The first kappa shape index (κ1) is 23.4. The number of piperazine rings is 1. The van der Waals surface area contributed by atoms with Crippen molar-refractivity contribution in [2.45, 2.75) is 32.4 Å². The van der Waals surface area contributed by atoms with E-state index in [0.29, 0.717) is 10.8 Å². The average Bonchev–Trinajstić information content (AvgIpc) is 3.15. The fraction of sp³-hybridized carbons (Fsp3) is 0.304. The third-order valence-corrected chi connectivity index (χ3v) is 5.53. The molecule has 0 bridgehead atoms. The Labute approximate surface area is 191 Å². The van der Waals surface area contributed by atoms with Gasteiger partial charge in [-0.1, -0.05) is 36.7 Å². The summed E-state index contributed by atoms with van der Waals surface area (Å²) in [5, 5.41) is 6.16. The van der Waals surface area contributed by atoms with Crippen LogP contribution in [0.5, 0.6) is 0 Å². The van der Waals surface area contributed by atoms with Crippen molar-refractivity contribution in [2.75, 3.05) is 6.54 Å². The van der Waals surface area contributed by atoms with Gasteiger partial charge < -0.3 is 10.2 Å². The van der Waals surface area contributed by atoms with Gasteiger partial charge in [-0.15, -0.1) is 4.39 Å². The number of benzene rings is 2. The molecular formula is C23H21F4N4O3+. The van der Waals surface area contributed by atoms with E-state index in [-0.39, 0.29) is 24.4 Å². The summed E-state index contributed by atoms with van der Waals surface area (Å²) in [7, 11) is 0. The molecule has 0 saturated carbocycles. The van der Waals surface area contributed by atoms with Gasteiger partial charge in [0.1, 0.15) is 17.7 Å². The minimum atomic E-state index is -1.33. The number of amides is 2. The number of hydrogen-bond acceptors (Lipinski definition) is 4. The highest BCUT2D eigenvalue weighted by Crippen LogP contribution is 2.27. The lowest BCUT2D eigenvalue weighted by molar-refractivity contribution is -0.816. The second-order valence-electron chi connectivity index (χ2n) is 8.39. The quantitative estimate of drug-likeness (QED) is 0.452. The summed E-state index contributed by atoms with van der Waals surface area (Å²) in [4.78, 5) is 27.3. The van der Waals surface area contributed by atoms with Crippen LogP contribution < -0.4 is 10.1 Å². The van der Waals surface area contributed by atoms with Gasteiger partial charge in [0.05, 0.1) is 6.04 Å². The van der Waals surface area contributed by atoms with Gasteiger partial charge in [-0.25, -0.2) is 13.2 Å². The van der Waals surface area contributed by atoms with Crippen LogP contribution in [0.1, 0.15) is 42.4 Å². The Bertz CT molecular complexity index is 1250. The first-order valence-corrected chi connectivity index (χ1v) is 10.6. The summed E-state index contributed by atoms with van der Waals surface area (Å²) in [5.41, 5.74) is -1.12. The second kappa shape index (κ2) is 9.24. The lowest BCUT2D eigenvalue weighted by Gasteiger charge is -2.39. The van der Waals surface area contributed by atoms with E-state index in [1.54, 1.807) is 6.07 Å². The Hall–Kier alpha value is -3.76. The number of nitrogens with one attached hydrogen (secondary N) is 1. The predicted octanol–water partition coefficient (Wildman–Crippen LogP) is 3.24. The molecule has 0 aliphatic carbocycles. The Balaban J connectivity index is 1.70. The smallest absolute Gasteiger partial charge is 0.346 e. The zero-order valence-corrected chi connectivity index (χ0v) is 18.3. The topological polar surface area (TPSA) is 79.3 Å². The molecule has 1 N–H and O–H groups in total. The Morgan fingerprint density at radius 3 is 2.59 bits per heavy atom. The van der Waals surface area contributed by atoms with Gasteiger partial charge in [0.2, 0.25) is 11.6 Å². The van der Waals surface area contributed by atoms with E-state index in [9.17, 15) is 22.8 Å². The number of nitrogens with zero attached hydrogens (tertiary/aromatic N) is 3. The molecule has 1 aromatic heterocycles. The van der Waals surface area contributed by atoms with E-state index >= 15 is 4.39 Å². The van der Waals surface area contributed by atoms with Crippen LogP contribution in [-0.4, -0.2) is 34.5 Å². The van der Waals surface area contributed by atoms with Gasteiger partial charge in [0, 0.05) is 22.9 Å². The van der Waals surface area contributed by atoms with Gasteiger partial charge in [-0.05, 0) is 30.5 Å². The van der Waals surface area contributed by atoms with Gasteiger partial charge in [0.25, 0.3) is 0 Å². The van der Waals surface area contributed by atoms with E-state index in [4.69, 9.17) is 4.63 Å². The molecule has 0 radical (unpaired) electrons. The maximum absolute atomic E-state index is 15.1. The third-order valence-electron chi connectivity index (χ3n) is 5.53. The zero-order chi connectivity index (χ0) is 24.6. The zero-order valence-electron chi connectivity index (χ0n) is 18.3. The highest BCUT2D eigenvalue weighted by Gasteiger charge is 2.44. The molecule has 7 nitrogen and oxygen atoms in total. The number of rotatable bonds is 5. The minimum Gasteiger partial charge on any atom is -0.346 e. The molecule has 3 aromatic rings. The van der Waals surface area contributed by atoms with Crippen molar-refractivity contribution in [2.24, 2.45) is 5.92 Å². The summed E-state index contributed by atoms with van der Waals surface area (Å²) in [5.74, 6) is -5.42. The van der Waals surface area contributed by atoms with Crippen LogP contribution in [-0.2, 0) is 4.79 Å². The molecule has 0 spiro atoms. The molecule has 2 heterocycles. The Kier molecular flexibility index (Phi) is 6.36. The van der Waals surface area contributed by atoms with Gasteiger partial charge in [-0.2, -0.15) is 0 Å². The maximum atomic E-state index is 15.1. The molecule has 2 atom stereocenters. The van der Waals surface area contributed by atoms with Crippen molar-refractivity contribution < 1.29 is 36.5 Å². The van der Waals surface area contributed by atoms with Crippen molar-refractivity contribution in [3.05, 3.63) is 77.1 Å². The van der Waals surface area contributed by atoms with E-state index in [1.807, 2.05) is 13.8 Å². The van der Waals surface area contributed by atoms with Crippen LogP contribution >= 0.6 is 0 Å². The molecule has 11 heteroatoms. The number of hydrogen-bond donors (Lipinski definition) is 1. The summed E-state index contributed by atoms with van der Waals surface area (Å²) < 4.78 is 61.9. The van der Waals surface area contributed by atoms with Crippen LogP contribution in [0.15, 0.2) is 47.1 Å². The van der Waals surface area contributed by atoms with Crippen LogP contribution in [0.25, 0.3) is 5.69 Å². The predicted molar refractivity (Wildman–Crippen MR) is 109 cm³/mol. The van der Waals surface area contributed by atoms with E-state index in [2.05, 4.69) is 10.5 Å².